The minimum Gasteiger partial charge on any atom is -0.363 e. The standard InChI is InChI=1S/C12H20N4O4S/c1-8-13-12(20-14-8)10-6-9-4-5-16(7-11(9)19-10)21(17,18)15(2)3/h9-11H,4-7H2,1-3H3/t9-,10+,11+/m0/s1. The Morgan fingerprint density at radius 1 is 1.38 bits per heavy atom. The van der Waals surface area contributed by atoms with Gasteiger partial charge in [-0.05, 0) is 25.7 Å². The van der Waals surface area contributed by atoms with Crippen LogP contribution in [0.1, 0.15) is 30.7 Å². The number of rotatable bonds is 3. The molecule has 2 fully saturated rings. The molecule has 0 bridgehead atoms. The summed E-state index contributed by atoms with van der Waals surface area (Å²) in [5.41, 5.74) is 0. The number of ether oxygens (including phenoxy) is 1. The lowest BCUT2D eigenvalue weighted by atomic mass is 9.93. The molecule has 1 aromatic rings. The smallest absolute Gasteiger partial charge is 0.281 e. The molecule has 0 amide bonds. The van der Waals surface area contributed by atoms with E-state index in [1.807, 2.05) is 0 Å². The molecule has 0 unspecified atom stereocenters. The Balaban J connectivity index is 1.70. The second-order valence-corrected chi connectivity index (χ2v) is 7.92. The third-order valence-corrected chi connectivity index (χ3v) is 6.03. The highest BCUT2D eigenvalue weighted by Gasteiger charge is 2.44. The van der Waals surface area contributed by atoms with Gasteiger partial charge in [0.25, 0.3) is 16.1 Å². The van der Waals surface area contributed by atoms with Crippen molar-refractivity contribution in [2.45, 2.75) is 32.0 Å². The van der Waals surface area contributed by atoms with Crippen LogP contribution in [0.25, 0.3) is 0 Å². The number of aryl methyl sites for hydroxylation is 1. The lowest BCUT2D eigenvalue weighted by Gasteiger charge is -2.34. The Morgan fingerprint density at radius 3 is 2.76 bits per heavy atom. The zero-order valence-corrected chi connectivity index (χ0v) is 13.2. The maximum Gasteiger partial charge on any atom is 0.281 e. The Labute approximate surface area is 124 Å². The maximum atomic E-state index is 12.2. The van der Waals surface area contributed by atoms with Gasteiger partial charge in [0.15, 0.2) is 5.82 Å². The number of hydrogen-bond acceptors (Lipinski definition) is 6. The van der Waals surface area contributed by atoms with Gasteiger partial charge in [0.05, 0.1) is 6.10 Å². The molecule has 0 aromatic carbocycles. The zero-order valence-electron chi connectivity index (χ0n) is 12.4. The molecule has 0 aliphatic carbocycles. The van der Waals surface area contributed by atoms with Gasteiger partial charge in [-0.3, -0.25) is 0 Å². The summed E-state index contributed by atoms with van der Waals surface area (Å²) in [6.45, 7) is 2.68. The largest absolute Gasteiger partial charge is 0.363 e. The van der Waals surface area contributed by atoms with Crippen LogP contribution in [0, 0.1) is 12.8 Å². The highest BCUT2D eigenvalue weighted by atomic mass is 32.2. The van der Waals surface area contributed by atoms with Gasteiger partial charge >= 0.3 is 0 Å². The molecule has 2 aliphatic heterocycles. The molecule has 3 atom stereocenters. The van der Waals surface area contributed by atoms with Crippen LogP contribution in [0.15, 0.2) is 4.52 Å². The second kappa shape index (κ2) is 5.31. The first-order valence-corrected chi connectivity index (χ1v) is 8.41. The summed E-state index contributed by atoms with van der Waals surface area (Å²) in [4.78, 5) is 4.20. The van der Waals surface area contributed by atoms with Crippen molar-refractivity contribution in [1.82, 2.24) is 18.8 Å². The summed E-state index contributed by atoms with van der Waals surface area (Å²) in [6, 6.07) is 0. The molecule has 9 heteroatoms. The normalized spacial score (nSPS) is 30.8. The van der Waals surface area contributed by atoms with Gasteiger partial charge in [-0.1, -0.05) is 5.16 Å². The fourth-order valence-electron chi connectivity index (χ4n) is 2.95. The number of nitrogens with zero attached hydrogens (tertiary/aromatic N) is 4. The number of hydrogen-bond donors (Lipinski definition) is 0. The van der Waals surface area contributed by atoms with Crippen LogP contribution in [0.5, 0.6) is 0 Å². The SMILES string of the molecule is Cc1noc([C@H]2C[C@@H]3CCN(S(=O)(=O)N(C)C)C[C@H]3O2)n1. The van der Waals surface area contributed by atoms with Crippen LogP contribution >= 0.6 is 0 Å². The van der Waals surface area contributed by atoms with Crippen molar-refractivity contribution in [2.75, 3.05) is 27.2 Å². The topological polar surface area (TPSA) is 88.8 Å². The van der Waals surface area contributed by atoms with Gasteiger partial charge in [-0.25, -0.2) is 0 Å². The summed E-state index contributed by atoms with van der Waals surface area (Å²) in [5, 5.41) is 3.78. The summed E-state index contributed by atoms with van der Waals surface area (Å²) < 4.78 is 38.2. The highest BCUT2D eigenvalue weighted by molar-refractivity contribution is 7.86. The van der Waals surface area contributed by atoms with Crippen molar-refractivity contribution in [2.24, 2.45) is 5.92 Å². The van der Waals surface area contributed by atoms with E-state index in [0.29, 0.717) is 30.7 Å². The Morgan fingerprint density at radius 2 is 2.14 bits per heavy atom. The minimum absolute atomic E-state index is 0.106. The summed E-state index contributed by atoms with van der Waals surface area (Å²) >= 11 is 0. The molecular weight excluding hydrogens is 296 g/mol. The summed E-state index contributed by atoms with van der Waals surface area (Å²) in [5.74, 6) is 1.42. The van der Waals surface area contributed by atoms with Gasteiger partial charge in [-0.15, -0.1) is 0 Å². The van der Waals surface area contributed by atoms with Crippen molar-refractivity contribution < 1.29 is 17.7 Å². The fourth-order valence-corrected chi connectivity index (χ4v) is 4.08. The van der Waals surface area contributed by atoms with Gasteiger partial charge < -0.3 is 9.26 Å². The lowest BCUT2D eigenvalue weighted by Crippen LogP contribution is -2.49. The Bertz CT molecular complexity index is 615. The molecule has 3 rings (SSSR count). The predicted molar refractivity (Wildman–Crippen MR) is 73.6 cm³/mol. The third-order valence-electron chi connectivity index (χ3n) is 4.12. The Kier molecular flexibility index (Phi) is 3.76. The number of fused-ring (bicyclic) bond motifs is 1. The zero-order chi connectivity index (χ0) is 15.2. The summed E-state index contributed by atoms with van der Waals surface area (Å²) in [6.07, 6.45) is 1.28. The average molecular weight is 316 g/mol. The van der Waals surface area contributed by atoms with Crippen molar-refractivity contribution in [3.05, 3.63) is 11.7 Å². The van der Waals surface area contributed by atoms with Gasteiger partial charge in [0.2, 0.25) is 0 Å². The lowest BCUT2D eigenvalue weighted by molar-refractivity contribution is -0.00269. The molecule has 8 nitrogen and oxygen atoms in total. The molecular formula is C12H20N4O4S. The van der Waals surface area contributed by atoms with E-state index in [1.54, 1.807) is 21.0 Å². The third kappa shape index (κ3) is 2.70. The molecule has 0 spiro atoms. The van der Waals surface area contributed by atoms with Crippen LogP contribution in [-0.4, -0.2) is 60.5 Å². The molecule has 1 aromatic heterocycles. The average Bonchev–Trinajstić information content (AvgIpc) is 3.03. The van der Waals surface area contributed by atoms with E-state index in [2.05, 4.69) is 10.1 Å². The number of piperidine rings is 1. The van der Waals surface area contributed by atoms with Crippen LogP contribution < -0.4 is 0 Å². The van der Waals surface area contributed by atoms with Crippen LogP contribution in [-0.2, 0) is 14.9 Å². The van der Waals surface area contributed by atoms with Gasteiger partial charge in [0.1, 0.15) is 6.10 Å². The van der Waals surface area contributed by atoms with E-state index >= 15 is 0 Å². The highest BCUT2D eigenvalue weighted by Crippen LogP contribution is 2.40. The van der Waals surface area contributed by atoms with E-state index < -0.39 is 10.2 Å². The monoisotopic (exact) mass is 316 g/mol. The minimum atomic E-state index is -3.38. The fraction of sp³-hybridized carbons (Fsp3) is 0.833. The molecule has 3 heterocycles. The molecule has 2 aliphatic rings. The van der Waals surface area contributed by atoms with E-state index in [9.17, 15) is 8.42 Å². The van der Waals surface area contributed by atoms with E-state index in [0.717, 1.165) is 12.8 Å². The number of aromatic nitrogens is 2. The van der Waals surface area contributed by atoms with E-state index in [1.165, 1.54) is 8.61 Å². The van der Waals surface area contributed by atoms with Crippen LogP contribution in [0.2, 0.25) is 0 Å². The maximum absolute atomic E-state index is 12.2. The van der Waals surface area contributed by atoms with Gasteiger partial charge in [-0.2, -0.15) is 22.0 Å². The van der Waals surface area contributed by atoms with Crippen molar-refractivity contribution in [3.63, 3.8) is 0 Å². The first-order chi connectivity index (χ1) is 9.88. The van der Waals surface area contributed by atoms with Crippen molar-refractivity contribution >= 4 is 10.2 Å². The van der Waals surface area contributed by atoms with Crippen molar-refractivity contribution in [1.29, 1.82) is 0 Å². The first kappa shape index (κ1) is 14.9. The van der Waals surface area contributed by atoms with Crippen LogP contribution in [0.3, 0.4) is 0 Å². The van der Waals surface area contributed by atoms with Crippen LogP contribution in [0.4, 0.5) is 0 Å². The molecule has 0 radical (unpaired) electrons. The Hall–Kier alpha value is -1.03. The van der Waals surface area contributed by atoms with Gasteiger partial charge in [0, 0.05) is 27.2 Å². The first-order valence-electron chi connectivity index (χ1n) is 7.01. The second-order valence-electron chi connectivity index (χ2n) is 5.78. The van der Waals surface area contributed by atoms with E-state index in [-0.39, 0.29) is 12.2 Å². The molecule has 21 heavy (non-hydrogen) atoms. The molecule has 0 saturated carbocycles. The molecule has 2 saturated heterocycles. The molecule has 118 valence electrons. The quantitative estimate of drug-likeness (QED) is 0.799. The molecule has 0 N–H and O–H groups in total. The predicted octanol–water partition coefficient (Wildman–Crippen LogP) is 0.336. The summed E-state index contributed by atoms with van der Waals surface area (Å²) in [7, 11) is -0.296. The van der Waals surface area contributed by atoms with Crippen molar-refractivity contribution in [3.8, 4) is 0 Å². The van der Waals surface area contributed by atoms with E-state index in [4.69, 9.17) is 9.26 Å².